The highest BCUT2D eigenvalue weighted by atomic mass is 19.1. The second-order valence-corrected chi connectivity index (χ2v) is 8.40. The molecular formula is C26H25FN4O5. The van der Waals surface area contributed by atoms with E-state index in [4.69, 9.17) is 4.74 Å². The molecule has 0 aliphatic carbocycles. The Hall–Kier alpha value is -4.18. The number of fused-ring (bicyclic) bond motifs is 1. The van der Waals surface area contributed by atoms with E-state index in [0.29, 0.717) is 12.3 Å². The Morgan fingerprint density at radius 3 is 2.50 bits per heavy atom. The van der Waals surface area contributed by atoms with Crippen molar-refractivity contribution in [2.24, 2.45) is 5.92 Å². The molecule has 0 saturated carbocycles. The van der Waals surface area contributed by atoms with Crippen molar-refractivity contribution in [1.82, 2.24) is 20.0 Å². The zero-order valence-electron chi connectivity index (χ0n) is 19.5. The van der Waals surface area contributed by atoms with Crippen LogP contribution in [0.15, 0.2) is 65.6 Å². The number of halogens is 1. The first-order chi connectivity index (χ1) is 17.4. The van der Waals surface area contributed by atoms with Crippen molar-refractivity contribution in [3.63, 3.8) is 0 Å². The normalized spacial score (nSPS) is 12.9. The SMILES string of the molecule is COc1ccc(-c2ccc(CC[C@@H](O)[C@H](CCn3nnc4ccc(F)cc4c3=O)C(=O)O)cc2)cn1. The lowest BCUT2D eigenvalue weighted by Crippen LogP contribution is -2.32. The predicted octanol–water partition coefficient (Wildman–Crippen LogP) is 3.09. The zero-order valence-corrected chi connectivity index (χ0v) is 19.5. The van der Waals surface area contributed by atoms with Crippen molar-refractivity contribution in [2.75, 3.05) is 7.11 Å². The summed E-state index contributed by atoms with van der Waals surface area (Å²) in [6.07, 6.45) is 1.26. The number of aliphatic carboxylic acids is 1. The highest BCUT2D eigenvalue weighted by molar-refractivity contribution is 5.76. The van der Waals surface area contributed by atoms with Gasteiger partial charge in [0.05, 0.1) is 24.5 Å². The van der Waals surface area contributed by atoms with E-state index in [1.807, 2.05) is 30.3 Å². The quantitative estimate of drug-likeness (QED) is 0.346. The number of carboxylic acids is 1. The topological polar surface area (TPSA) is 127 Å². The molecule has 2 aromatic carbocycles. The van der Waals surface area contributed by atoms with Crippen LogP contribution in [0.3, 0.4) is 0 Å². The molecule has 0 aliphatic rings. The molecule has 186 valence electrons. The van der Waals surface area contributed by atoms with Gasteiger partial charge in [0.25, 0.3) is 5.56 Å². The molecule has 0 bridgehead atoms. The van der Waals surface area contributed by atoms with Gasteiger partial charge in [-0.1, -0.05) is 29.5 Å². The van der Waals surface area contributed by atoms with Gasteiger partial charge in [-0.2, -0.15) is 0 Å². The van der Waals surface area contributed by atoms with Gasteiger partial charge in [0.1, 0.15) is 11.3 Å². The molecule has 9 nitrogen and oxygen atoms in total. The molecule has 0 fully saturated rings. The van der Waals surface area contributed by atoms with Gasteiger partial charge in [-0.05, 0) is 54.7 Å². The van der Waals surface area contributed by atoms with Gasteiger partial charge in [-0.15, -0.1) is 5.10 Å². The minimum absolute atomic E-state index is 0.0324. The molecule has 36 heavy (non-hydrogen) atoms. The number of aliphatic hydroxyl groups excluding tert-OH is 1. The van der Waals surface area contributed by atoms with Gasteiger partial charge < -0.3 is 14.9 Å². The summed E-state index contributed by atoms with van der Waals surface area (Å²) >= 11 is 0. The van der Waals surface area contributed by atoms with Gasteiger partial charge in [0.2, 0.25) is 5.88 Å². The zero-order chi connectivity index (χ0) is 25.7. The molecule has 2 N–H and O–H groups in total. The van der Waals surface area contributed by atoms with Crippen LogP contribution in [-0.4, -0.2) is 49.4 Å². The Kier molecular flexibility index (Phi) is 7.65. The molecule has 4 aromatic rings. The fraction of sp³-hybridized carbons (Fsp3) is 0.269. The number of hydrogen-bond donors (Lipinski definition) is 2. The van der Waals surface area contributed by atoms with Crippen molar-refractivity contribution in [3.05, 3.63) is 82.5 Å². The number of hydrogen-bond acceptors (Lipinski definition) is 7. The van der Waals surface area contributed by atoms with Crippen LogP contribution in [0.5, 0.6) is 5.88 Å². The van der Waals surface area contributed by atoms with Gasteiger partial charge in [-0.3, -0.25) is 9.59 Å². The monoisotopic (exact) mass is 492 g/mol. The lowest BCUT2D eigenvalue weighted by molar-refractivity contribution is -0.146. The Morgan fingerprint density at radius 2 is 1.83 bits per heavy atom. The maximum Gasteiger partial charge on any atom is 0.309 e. The van der Waals surface area contributed by atoms with Crippen molar-refractivity contribution < 1.29 is 24.1 Å². The number of aliphatic hydroxyl groups is 1. The Balaban J connectivity index is 1.37. The summed E-state index contributed by atoms with van der Waals surface area (Å²) in [4.78, 5) is 28.6. The molecule has 2 aromatic heterocycles. The molecule has 0 aliphatic heterocycles. The number of carboxylic acid groups (broad SMARTS) is 1. The summed E-state index contributed by atoms with van der Waals surface area (Å²) < 4.78 is 19.6. The van der Waals surface area contributed by atoms with Crippen LogP contribution in [-0.2, 0) is 17.8 Å². The number of aryl methyl sites for hydroxylation is 2. The second-order valence-electron chi connectivity index (χ2n) is 8.40. The molecule has 10 heteroatoms. The van der Waals surface area contributed by atoms with Crippen LogP contribution in [0.2, 0.25) is 0 Å². The van der Waals surface area contributed by atoms with Crippen LogP contribution >= 0.6 is 0 Å². The van der Waals surface area contributed by atoms with Crippen LogP contribution in [0, 0.1) is 11.7 Å². The number of methoxy groups -OCH3 is 1. The average Bonchev–Trinajstić information content (AvgIpc) is 2.89. The van der Waals surface area contributed by atoms with Gasteiger partial charge in [0.15, 0.2) is 0 Å². The summed E-state index contributed by atoms with van der Waals surface area (Å²) in [6.45, 7) is -0.0725. The fourth-order valence-corrected chi connectivity index (χ4v) is 3.99. The highest BCUT2D eigenvalue weighted by Gasteiger charge is 2.26. The minimum Gasteiger partial charge on any atom is -0.481 e. The number of ether oxygens (including phenoxy) is 1. The highest BCUT2D eigenvalue weighted by Crippen LogP contribution is 2.22. The summed E-state index contributed by atoms with van der Waals surface area (Å²) in [5.74, 6) is -2.32. The number of nitrogens with zero attached hydrogens (tertiary/aromatic N) is 4. The molecule has 0 saturated heterocycles. The molecular weight excluding hydrogens is 467 g/mol. The van der Waals surface area contributed by atoms with Crippen LogP contribution in [0.25, 0.3) is 22.0 Å². The second kappa shape index (κ2) is 11.0. The van der Waals surface area contributed by atoms with Crippen LogP contribution in [0.1, 0.15) is 18.4 Å². The Morgan fingerprint density at radius 1 is 1.08 bits per heavy atom. The van der Waals surface area contributed by atoms with E-state index >= 15 is 0 Å². The third-order valence-electron chi connectivity index (χ3n) is 6.08. The van der Waals surface area contributed by atoms with Crippen molar-refractivity contribution in [1.29, 1.82) is 0 Å². The lowest BCUT2D eigenvalue weighted by Gasteiger charge is -2.19. The van der Waals surface area contributed by atoms with E-state index in [-0.39, 0.29) is 30.3 Å². The molecule has 2 atom stereocenters. The van der Waals surface area contributed by atoms with E-state index in [9.17, 15) is 24.2 Å². The van der Waals surface area contributed by atoms with Gasteiger partial charge in [-0.25, -0.2) is 14.1 Å². The van der Waals surface area contributed by atoms with E-state index < -0.39 is 29.4 Å². The van der Waals surface area contributed by atoms with Gasteiger partial charge >= 0.3 is 5.97 Å². The number of benzene rings is 2. The summed E-state index contributed by atoms with van der Waals surface area (Å²) in [6, 6.07) is 15.0. The third-order valence-corrected chi connectivity index (χ3v) is 6.08. The molecule has 0 unspecified atom stereocenters. The van der Waals surface area contributed by atoms with Crippen LogP contribution < -0.4 is 10.3 Å². The van der Waals surface area contributed by atoms with Crippen molar-refractivity contribution in [2.45, 2.75) is 31.9 Å². The maximum absolute atomic E-state index is 13.5. The van der Waals surface area contributed by atoms with Gasteiger partial charge in [0, 0.05) is 24.4 Å². The molecule has 4 rings (SSSR count). The van der Waals surface area contributed by atoms with E-state index in [2.05, 4.69) is 15.3 Å². The minimum atomic E-state index is -1.17. The smallest absolute Gasteiger partial charge is 0.309 e. The average molecular weight is 493 g/mol. The van der Waals surface area contributed by atoms with E-state index in [1.54, 1.807) is 19.4 Å². The number of rotatable bonds is 10. The Labute approximate surface area is 205 Å². The molecule has 0 radical (unpaired) electrons. The Bertz CT molecular complexity index is 1410. The molecule has 0 amide bonds. The molecule has 2 heterocycles. The largest absolute Gasteiger partial charge is 0.481 e. The standard InChI is InChI=1S/C26H25FN4O5/c1-36-24-11-7-18(15-28-24)17-5-2-16(3-6-17)4-10-23(32)20(26(34)35)12-13-31-25(33)21-14-19(27)8-9-22(21)29-30-31/h2-3,5-9,11,14-15,20,23,32H,4,10,12-13H2,1H3,(H,34,35)/t20-,23+/m0/s1. The summed E-state index contributed by atoms with van der Waals surface area (Å²) in [5, 5.41) is 28.0. The van der Waals surface area contributed by atoms with Crippen LogP contribution in [0.4, 0.5) is 4.39 Å². The van der Waals surface area contributed by atoms with Crippen molar-refractivity contribution in [3.8, 4) is 17.0 Å². The first-order valence-corrected chi connectivity index (χ1v) is 11.4. The number of pyridine rings is 1. The summed E-state index contributed by atoms with van der Waals surface area (Å²) in [5.41, 5.74) is 2.54. The predicted molar refractivity (Wildman–Crippen MR) is 130 cm³/mol. The number of carbonyl (C=O) groups is 1. The first kappa shape index (κ1) is 24.9. The maximum atomic E-state index is 13.5. The van der Waals surface area contributed by atoms with Crippen molar-refractivity contribution >= 4 is 16.9 Å². The lowest BCUT2D eigenvalue weighted by atomic mass is 9.93. The van der Waals surface area contributed by atoms with E-state index in [1.165, 1.54) is 12.1 Å². The van der Waals surface area contributed by atoms with E-state index in [0.717, 1.165) is 27.4 Å². The summed E-state index contributed by atoms with van der Waals surface area (Å²) in [7, 11) is 1.56. The fourth-order valence-electron chi connectivity index (χ4n) is 3.99. The first-order valence-electron chi connectivity index (χ1n) is 11.4. The molecule has 0 spiro atoms. The third kappa shape index (κ3) is 5.72. The number of aromatic nitrogens is 4.